The zero-order valence-corrected chi connectivity index (χ0v) is 10.7. The van der Waals surface area contributed by atoms with E-state index < -0.39 is 17.7 Å². The first-order valence-electron chi connectivity index (χ1n) is 6.05. The number of nitrogens with zero attached hydrogens (tertiary/aromatic N) is 1. The molecule has 0 fully saturated rings. The van der Waals surface area contributed by atoms with Crippen molar-refractivity contribution in [3.63, 3.8) is 0 Å². The van der Waals surface area contributed by atoms with Gasteiger partial charge in [-0.25, -0.2) is 8.78 Å². The summed E-state index contributed by atoms with van der Waals surface area (Å²) < 4.78 is 27.2. The molecule has 19 heavy (non-hydrogen) atoms. The zero-order chi connectivity index (χ0) is 13.8. The molecule has 0 amide bonds. The lowest BCUT2D eigenvalue weighted by Crippen LogP contribution is -2.30. The lowest BCUT2D eigenvalue weighted by Gasteiger charge is -2.24. The molecule has 2 aromatic carbocycles. The molecule has 2 nitrogen and oxygen atoms in total. The van der Waals surface area contributed by atoms with Crippen molar-refractivity contribution in [1.29, 1.82) is 0 Å². The van der Waals surface area contributed by atoms with Gasteiger partial charge in [0.25, 0.3) is 0 Å². The summed E-state index contributed by atoms with van der Waals surface area (Å²) in [4.78, 5) is 1.87. The zero-order valence-electron chi connectivity index (χ0n) is 10.7. The lowest BCUT2D eigenvalue weighted by atomic mass is 10.1. The van der Waals surface area contributed by atoms with Crippen LogP contribution >= 0.6 is 0 Å². The van der Waals surface area contributed by atoms with Crippen molar-refractivity contribution in [2.75, 3.05) is 18.5 Å². The molecule has 0 aliphatic rings. The molecule has 0 aromatic heterocycles. The number of hydrogen-bond donors (Lipinski definition) is 1. The number of anilines is 1. The van der Waals surface area contributed by atoms with E-state index in [4.69, 9.17) is 5.73 Å². The van der Waals surface area contributed by atoms with Gasteiger partial charge in [-0.3, -0.25) is 0 Å². The first-order chi connectivity index (χ1) is 9.09. The van der Waals surface area contributed by atoms with Crippen molar-refractivity contribution in [1.82, 2.24) is 0 Å². The van der Waals surface area contributed by atoms with E-state index in [1.807, 2.05) is 42.3 Å². The second-order valence-corrected chi connectivity index (χ2v) is 4.46. The molecule has 1 atom stereocenters. The summed E-state index contributed by atoms with van der Waals surface area (Å²) in [6, 6.07) is 12.6. The first kappa shape index (κ1) is 13.5. The average molecular weight is 262 g/mol. The van der Waals surface area contributed by atoms with Gasteiger partial charge in [0.2, 0.25) is 0 Å². The maximum absolute atomic E-state index is 13.6. The van der Waals surface area contributed by atoms with Crippen LogP contribution in [0, 0.1) is 11.6 Å². The molecule has 0 aliphatic heterocycles. The fraction of sp³-hybridized carbons (Fsp3) is 0.200. The van der Waals surface area contributed by atoms with Crippen molar-refractivity contribution < 1.29 is 8.78 Å². The van der Waals surface area contributed by atoms with E-state index >= 15 is 0 Å². The SMILES string of the molecule is CN(CC(N)c1c(F)cccc1F)c1ccccc1. The second kappa shape index (κ2) is 5.80. The summed E-state index contributed by atoms with van der Waals surface area (Å²) >= 11 is 0. The summed E-state index contributed by atoms with van der Waals surface area (Å²) in [5.41, 5.74) is 6.80. The Kier molecular flexibility index (Phi) is 4.12. The van der Waals surface area contributed by atoms with Crippen LogP contribution in [0.1, 0.15) is 11.6 Å². The van der Waals surface area contributed by atoms with Crippen molar-refractivity contribution in [2.24, 2.45) is 5.73 Å². The summed E-state index contributed by atoms with van der Waals surface area (Å²) in [7, 11) is 1.84. The summed E-state index contributed by atoms with van der Waals surface area (Å²) in [6.07, 6.45) is 0. The Morgan fingerprint density at radius 3 is 2.16 bits per heavy atom. The van der Waals surface area contributed by atoms with Crippen LogP contribution in [0.5, 0.6) is 0 Å². The van der Waals surface area contributed by atoms with Gasteiger partial charge >= 0.3 is 0 Å². The lowest BCUT2D eigenvalue weighted by molar-refractivity contribution is 0.525. The molecule has 0 saturated carbocycles. The summed E-state index contributed by atoms with van der Waals surface area (Å²) in [5, 5.41) is 0. The van der Waals surface area contributed by atoms with Crippen molar-refractivity contribution in [3.05, 3.63) is 65.7 Å². The first-order valence-corrected chi connectivity index (χ1v) is 6.05. The van der Waals surface area contributed by atoms with Gasteiger partial charge in [0.1, 0.15) is 11.6 Å². The highest BCUT2D eigenvalue weighted by atomic mass is 19.1. The molecule has 1 unspecified atom stereocenters. The van der Waals surface area contributed by atoms with Gasteiger partial charge in [0, 0.05) is 24.8 Å². The second-order valence-electron chi connectivity index (χ2n) is 4.46. The molecule has 0 radical (unpaired) electrons. The number of para-hydroxylation sites is 1. The van der Waals surface area contributed by atoms with Crippen molar-refractivity contribution in [2.45, 2.75) is 6.04 Å². The van der Waals surface area contributed by atoms with Crippen LogP contribution in [-0.4, -0.2) is 13.6 Å². The number of halogens is 2. The highest BCUT2D eigenvalue weighted by Crippen LogP contribution is 2.21. The van der Waals surface area contributed by atoms with Gasteiger partial charge < -0.3 is 10.6 Å². The number of nitrogens with two attached hydrogens (primary N) is 1. The molecule has 0 spiro atoms. The molecule has 0 bridgehead atoms. The van der Waals surface area contributed by atoms with Crippen LogP contribution in [0.25, 0.3) is 0 Å². The highest BCUT2D eigenvalue weighted by molar-refractivity contribution is 5.45. The van der Waals surface area contributed by atoms with Gasteiger partial charge in [-0.2, -0.15) is 0 Å². The monoisotopic (exact) mass is 262 g/mol. The normalized spacial score (nSPS) is 12.2. The fourth-order valence-electron chi connectivity index (χ4n) is 2.04. The van der Waals surface area contributed by atoms with Gasteiger partial charge in [-0.05, 0) is 24.3 Å². The van der Waals surface area contributed by atoms with E-state index in [1.54, 1.807) is 0 Å². The van der Waals surface area contributed by atoms with E-state index in [0.29, 0.717) is 6.54 Å². The Morgan fingerprint density at radius 1 is 1.00 bits per heavy atom. The quantitative estimate of drug-likeness (QED) is 0.917. The van der Waals surface area contributed by atoms with E-state index in [-0.39, 0.29) is 5.56 Å². The molecule has 100 valence electrons. The van der Waals surface area contributed by atoms with E-state index in [1.165, 1.54) is 18.2 Å². The number of rotatable bonds is 4. The molecule has 4 heteroatoms. The van der Waals surface area contributed by atoms with Crippen LogP contribution in [0.15, 0.2) is 48.5 Å². The molecular weight excluding hydrogens is 246 g/mol. The summed E-state index contributed by atoms with van der Waals surface area (Å²) in [6.45, 7) is 0.335. The molecule has 0 aliphatic carbocycles. The predicted molar refractivity (Wildman–Crippen MR) is 73.0 cm³/mol. The third-order valence-corrected chi connectivity index (χ3v) is 3.04. The number of likely N-dealkylation sites (N-methyl/N-ethyl adjacent to an activating group) is 1. The third kappa shape index (κ3) is 3.09. The van der Waals surface area contributed by atoms with Crippen molar-refractivity contribution >= 4 is 5.69 Å². The molecule has 0 saturated heterocycles. The van der Waals surface area contributed by atoms with Gasteiger partial charge in [-0.1, -0.05) is 24.3 Å². The largest absolute Gasteiger partial charge is 0.373 e. The van der Waals surface area contributed by atoms with Gasteiger partial charge in [-0.15, -0.1) is 0 Å². The number of benzene rings is 2. The molecule has 2 aromatic rings. The molecule has 2 N–H and O–H groups in total. The Balaban J connectivity index is 2.15. The van der Waals surface area contributed by atoms with Crippen LogP contribution in [0.2, 0.25) is 0 Å². The van der Waals surface area contributed by atoms with E-state index in [9.17, 15) is 8.78 Å². The topological polar surface area (TPSA) is 29.3 Å². The Bertz CT molecular complexity index is 523. The van der Waals surface area contributed by atoms with E-state index in [0.717, 1.165) is 5.69 Å². The minimum atomic E-state index is -0.716. The average Bonchev–Trinajstić information content (AvgIpc) is 2.39. The third-order valence-electron chi connectivity index (χ3n) is 3.04. The molecule has 0 heterocycles. The van der Waals surface area contributed by atoms with Crippen LogP contribution in [0.4, 0.5) is 14.5 Å². The molecule has 2 rings (SSSR count). The smallest absolute Gasteiger partial charge is 0.130 e. The van der Waals surface area contributed by atoms with Gasteiger partial charge in [0.15, 0.2) is 0 Å². The van der Waals surface area contributed by atoms with Crippen LogP contribution in [-0.2, 0) is 0 Å². The Labute approximate surface area is 111 Å². The van der Waals surface area contributed by atoms with Crippen LogP contribution < -0.4 is 10.6 Å². The Hall–Kier alpha value is -1.94. The Morgan fingerprint density at radius 2 is 1.58 bits per heavy atom. The fourth-order valence-corrected chi connectivity index (χ4v) is 2.04. The standard InChI is InChI=1S/C15H16F2N2/c1-19(11-6-3-2-4-7-11)10-14(18)15-12(16)8-5-9-13(15)17/h2-9,14H,10,18H2,1H3. The van der Waals surface area contributed by atoms with Crippen molar-refractivity contribution in [3.8, 4) is 0 Å². The maximum atomic E-state index is 13.6. The summed E-state index contributed by atoms with van der Waals surface area (Å²) in [5.74, 6) is -1.21. The molecular formula is C15H16F2N2. The minimum absolute atomic E-state index is 0.0646. The maximum Gasteiger partial charge on any atom is 0.130 e. The van der Waals surface area contributed by atoms with Gasteiger partial charge in [0.05, 0.1) is 6.04 Å². The van der Waals surface area contributed by atoms with E-state index in [2.05, 4.69) is 0 Å². The highest BCUT2D eigenvalue weighted by Gasteiger charge is 2.18. The van der Waals surface area contributed by atoms with Crippen LogP contribution in [0.3, 0.4) is 0 Å². The predicted octanol–water partition coefficient (Wildman–Crippen LogP) is 3.10. The minimum Gasteiger partial charge on any atom is -0.373 e. The number of hydrogen-bond acceptors (Lipinski definition) is 2.